The van der Waals surface area contributed by atoms with Crippen LogP contribution in [0.15, 0.2) is 4.52 Å². The smallest absolute Gasteiger partial charge is 0.232 e. The maximum atomic E-state index is 5.90. The molecule has 0 amide bonds. The van der Waals surface area contributed by atoms with Crippen LogP contribution in [0.3, 0.4) is 0 Å². The maximum absolute atomic E-state index is 5.90. The maximum Gasteiger partial charge on any atom is 0.232 e. The van der Waals surface area contributed by atoms with E-state index in [9.17, 15) is 0 Å². The van der Waals surface area contributed by atoms with Gasteiger partial charge in [0.2, 0.25) is 5.89 Å². The van der Waals surface area contributed by atoms with Crippen LogP contribution in [0.25, 0.3) is 0 Å². The second-order valence-corrected chi connectivity index (χ2v) is 7.00. The van der Waals surface area contributed by atoms with Crippen LogP contribution in [0.2, 0.25) is 0 Å². The average molecular weight is 279 g/mol. The lowest BCUT2D eigenvalue weighted by molar-refractivity contribution is -0.0919. The highest BCUT2D eigenvalue weighted by Gasteiger charge is 2.35. The third kappa shape index (κ3) is 2.88. The molecule has 3 rings (SSSR count). The van der Waals surface area contributed by atoms with Gasteiger partial charge in [-0.25, -0.2) is 0 Å². The summed E-state index contributed by atoms with van der Waals surface area (Å²) in [5, 5.41) is 4.15. The van der Waals surface area contributed by atoms with Crippen molar-refractivity contribution in [2.75, 3.05) is 13.2 Å². The molecule has 1 aromatic rings. The second-order valence-electron chi connectivity index (χ2n) is 7.00. The van der Waals surface area contributed by atoms with E-state index in [-0.39, 0.29) is 5.41 Å². The fourth-order valence-electron chi connectivity index (χ4n) is 3.18. The molecule has 5 nitrogen and oxygen atoms in total. The Balaban J connectivity index is 1.68. The molecule has 1 saturated carbocycles. The Labute approximate surface area is 120 Å². The van der Waals surface area contributed by atoms with Crippen molar-refractivity contribution in [3.63, 3.8) is 0 Å². The molecule has 2 atom stereocenters. The van der Waals surface area contributed by atoms with Gasteiger partial charge in [0.05, 0.1) is 19.3 Å². The summed E-state index contributed by atoms with van der Waals surface area (Å²) in [5.41, 5.74) is -0.0797. The van der Waals surface area contributed by atoms with Crippen molar-refractivity contribution < 1.29 is 9.26 Å². The molecule has 2 aliphatic rings. The van der Waals surface area contributed by atoms with Gasteiger partial charge < -0.3 is 9.26 Å². The fraction of sp³-hybridized carbons (Fsp3) is 0.867. The summed E-state index contributed by atoms with van der Waals surface area (Å²) in [5.74, 6) is 1.53. The SMILES string of the molecule is CC(C)(C)c1nc(CN2CCO[C@@H]3CCCC[C@@H]32)no1. The Morgan fingerprint density at radius 2 is 2.05 bits per heavy atom. The normalized spacial score (nSPS) is 28.4. The van der Waals surface area contributed by atoms with Gasteiger partial charge in [-0.3, -0.25) is 4.90 Å². The molecule has 0 radical (unpaired) electrons. The van der Waals surface area contributed by atoms with Crippen molar-refractivity contribution >= 4 is 0 Å². The first kappa shape index (κ1) is 14.0. The van der Waals surface area contributed by atoms with Crippen molar-refractivity contribution in [3.8, 4) is 0 Å². The minimum atomic E-state index is -0.0797. The Kier molecular flexibility index (Phi) is 3.82. The third-order valence-electron chi connectivity index (χ3n) is 4.30. The van der Waals surface area contributed by atoms with E-state index in [1.807, 2.05) is 0 Å². The van der Waals surface area contributed by atoms with Gasteiger partial charge in [-0.2, -0.15) is 4.98 Å². The molecule has 1 saturated heterocycles. The monoisotopic (exact) mass is 279 g/mol. The van der Waals surface area contributed by atoms with Gasteiger partial charge in [0.1, 0.15) is 0 Å². The number of rotatable bonds is 2. The number of aromatic nitrogens is 2. The molecular formula is C15H25N3O2. The van der Waals surface area contributed by atoms with Crippen molar-refractivity contribution in [3.05, 3.63) is 11.7 Å². The summed E-state index contributed by atoms with van der Waals surface area (Å²) in [6.07, 6.45) is 5.44. The molecule has 0 unspecified atom stereocenters. The third-order valence-corrected chi connectivity index (χ3v) is 4.30. The number of hydrogen-bond donors (Lipinski definition) is 0. The van der Waals surface area contributed by atoms with Crippen molar-refractivity contribution in [2.45, 2.75) is 70.6 Å². The molecule has 0 spiro atoms. The zero-order valence-electron chi connectivity index (χ0n) is 12.8. The minimum Gasteiger partial charge on any atom is -0.375 e. The molecule has 1 aromatic heterocycles. The second kappa shape index (κ2) is 5.45. The van der Waals surface area contributed by atoms with Crippen LogP contribution in [-0.2, 0) is 16.7 Å². The molecule has 2 fully saturated rings. The molecule has 0 aromatic carbocycles. The number of ether oxygens (including phenoxy) is 1. The highest BCUT2D eigenvalue weighted by atomic mass is 16.5. The van der Waals surface area contributed by atoms with Crippen LogP contribution >= 0.6 is 0 Å². The summed E-state index contributed by atoms with van der Waals surface area (Å²) in [6, 6.07) is 0.536. The molecule has 0 bridgehead atoms. The molecule has 1 aliphatic carbocycles. The summed E-state index contributed by atoms with van der Waals surface area (Å²) >= 11 is 0. The van der Waals surface area contributed by atoms with E-state index in [4.69, 9.17) is 9.26 Å². The van der Waals surface area contributed by atoms with E-state index in [2.05, 4.69) is 35.8 Å². The van der Waals surface area contributed by atoms with E-state index in [1.54, 1.807) is 0 Å². The van der Waals surface area contributed by atoms with Gasteiger partial charge in [0.25, 0.3) is 0 Å². The molecule has 1 aliphatic heterocycles. The first-order chi connectivity index (χ1) is 9.54. The summed E-state index contributed by atoms with van der Waals surface area (Å²) < 4.78 is 11.3. The summed E-state index contributed by atoms with van der Waals surface area (Å²) in [6.45, 7) is 8.86. The largest absolute Gasteiger partial charge is 0.375 e. The molecule has 0 N–H and O–H groups in total. The Hall–Kier alpha value is -0.940. The highest BCUT2D eigenvalue weighted by Crippen LogP contribution is 2.29. The lowest BCUT2D eigenvalue weighted by Crippen LogP contribution is -2.52. The lowest BCUT2D eigenvalue weighted by atomic mass is 9.90. The van der Waals surface area contributed by atoms with Gasteiger partial charge in [-0.1, -0.05) is 38.8 Å². The quantitative estimate of drug-likeness (QED) is 0.832. The van der Waals surface area contributed by atoms with Gasteiger partial charge in [0.15, 0.2) is 5.82 Å². The van der Waals surface area contributed by atoms with Crippen LogP contribution in [0.4, 0.5) is 0 Å². The fourth-order valence-corrected chi connectivity index (χ4v) is 3.18. The predicted octanol–water partition coefficient (Wildman–Crippen LogP) is 2.51. The summed E-state index contributed by atoms with van der Waals surface area (Å²) in [7, 11) is 0. The van der Waals surface area contributed by atoms with Crippen LogP contribution in [0, 0.1) is 0 Å². The van der Waals surface area contributed by atoms with Gasteiger partial charge >= 0.3 is 0 Å². The minimum absolute atomic E-state index is 0.0797. The van der Waals surface area contributed by atoms with E-state index < -0.39 is 0 Å². The van der Waals surface area contributed by atoms with E-state index in [0.717, 1.165) is 31.4 Å². The molecule has 20 heavy (non-hydrogen) atoms. The Bertz CT molecular complexity index is 450. The lowest BCUT2D eigenvalue weighted by Gasteiger charge is -2.43. The number of nitrogens with zero attached hydrogens (tertiary/aromatic N) is 3. The van der Waals surface area contributed by atoms with Gasteiger partial charge in [-0.15, -0.1) is 0 Å². The Morgan fingerprint density at radius 1 is 1.25 bits per heavy atom. The van der Waals surface area contributed by atoms with E-state index in [0.29, 0.717) is 12.1 Å². The predicted molar refractivity (Wildman–Crippen MR) is 75.4 cm³/mol. The van der Waals surface area contributed by atoms with Crippen molar-refractivity contribution in [1.29, 1.82) is 0 Å². The van der Waals surface area contributed by atoms with Crippen LogP contribution < -0.4 is 0 Å². The van der Waals surface area contributed by atoms with Gasteiger partial charge in [0, 0.05) is 18.0 Å². The van der Waals surface area contributed by atoms with E-state index >= 15 is 0 Å². The molecular weight excluding hydrogens is 254 g/mol. The average Bonchev–Trinajstić information content (AvgIpc) is 2.88. The van der Waals surface area contributed by atoms with Crippen molar-refractivity contribution in [1.82, 2.24) is 15.0 Å². The zero-order valence-corrected chi connectivity index (χ0v) is 12.8. The van der Waals surface area contributed by atoms with Crippen LogP contribution in [-0.4, -0.2) is 40.3 Å². The van der Waals surface area contributed by atoms with Crippen LogP contribution in [0.5, 0.6) is 0 Å². The zero-order chi connectivity index (χ0) is 14.2. The van der Waals surface area contributed by atoms with Gasteiger partial charge in [-0.05, 0) is 12.8 Å². The Morgan fingerprint density at radius 3 is 2.80 bits per heavy atom. The molecule has 5 heteroatoms. The standard InChI is InChI=1S/C15H25N3O2/c1-15(2,3)14-16-13(17-20-14)10-18-8-9-19-12-7-5-4-6-11(12)18/h11-12H,4-10H2,1-3H3/t11-,12+/m0/s1. The topological polar surface area (TPSA) is 51.4 Å². The first-order valence-electron chi connectivity index (χ1n) is 7.73. The van der Waals surface area contributed by atoms with Crippen molar-refractivity contribution in [2.24, 2.45) is 0 Å². The molecule has 112 valence electrons. The first-order valence-corrected chi connectivity index (χ1v) is 7.73. The summed E-state index contributed by atoms with van der Waals surface area (Å²) in [4.78, 5) is 7.03. The van der Waals surface area contributed by atoms with Crippen LogP contribution in [0.1, 0.15) is 58.2 Å². The number of morpholine rings is 1. The number of fused-ring (bicyclic) bond motifs is 1. The molecule has 2 heterocycles. The highest BCUT2D eigenvalue weighted by molar-refractivity contribution is 4.99. The number of hydrogen-bond acceptors (Lipinski definition) is 5. The van der Waals surface area contributed by atoms with E-state index in [1.165, 1.54) is 25.7 Å².